The van der Waals surface area contributed by atoms with Crippen molar-refractivity contribution in [2.45, 2.75) is 139 Å². The highest BCUT2D eigenvalue weighted by Gasteiger charge is 2.08. The Hall–Kier alpha value is -1.54. The third-order valence-corrected chi connectivity index (χ3v) is 6.24. The molecule has 1 N–H and O–H groups in total. The van der Waals surface area contributed by atoms with Crippen LogP contribution in [-0.2, 0) is 4.79 Å². The minimum atomic E-state index is 0.0144. The van der Waals surface area contributed by atoms with E-state index < -0.39 is 0 Å². The smallest absolute Gasteiger partial charge is 0.246 e. The summed E-state index contributed by atoms with van der Waals surface area (Å²) in [4.78, 5) is 11.9. The number of carbonyl (C=O) groups is 1. The molecule has 1 saturated carbocycles. The second-order valence-electron chi connectivity index (χ2n) is 9.23. The predicted octanol–water partition coefficient (Wildman–Crippen LogP) is 11.3. The quantitative estimate of drug-likeness (QED) is 0.241. The molecule has 2 nitrogen and oxygen atoms in total. The number of carbonyl (C=O) groups excluding carboxylic acids is 1. The Morgan fingerprint density at radius 2 is 1.39 bits per heavy atom. The first kappa shape index (κ1) is 36.6. The summed E-state index contributed by atoms with van der Waals surface area (Å²) in [5, 5.41) is 3.72. The van der Waals surface area contributed by atoms with E-state index in [4.69, 9.17) is 11.6 Å². The summed E-state index contributed by atoms with van der Waals surface area (Å²) in [5.41, 5.74) is 4.39. The Morgan fingerprint density at radius 1 is 0.889 bits per heavy atom. The molecule has 1 aliphatic carbocycles. The fraction of sp³-hybridized carbons (Fsp3) is 0.667. The first-order chi connectivity index (χ1) is 17.4. The Morgan fingerprint density at radius 3 is 1.83 bits per heavy atom. The standard InChI is InChI=1S/C19H26ClNO.C6H12.C6H14.C2H6/c1-5-7-15(4)19(22)21-12-11-16(8-6-2)18-13-17(20)10-9-14(18)3;1-2-4-6-5-3-1;1-3-5-6-4-2;1-2/h7-10,13H,5-6,11-12H2,1-4H3,(H,21,22);1-6H2;3-6H2,1-2H3;1-2H3/b15-7-,16-8-;;;. The molecule has 0 aliphatic heterocycles. The van der Waals surface area contributed by atoms with Gasteiger partial charge in [-0.25, -0.2) is 0 Å². The van der Waals surface area contributed by atoms with Gasteiger partial charge in [0.05, 0.1) is 0 Å². The third-order valence-electron chi connectivity index (χ3n) is 6.00. The molecule has 1 aromatic rings. The molecular formula is C33H58ClNO. The molecular weight excluding hydrogens is 462 g/mol. The summed E-state index contributed by atoms with van der Waals surface area (Å²) < 4.78 is 0. The lowest BCUT2D eigenvalue weighted by Crippen LogP contribution is -2.25. The number of halogens is 1. The molecule has 0 spiro atoms. The SMILES string of the molecule is C1CCCCC1.CC.CC/C=C(/C)C(=O)NCC/C(=C/CC)c1cc(Cl)ccc1C.CCCCCC. The topological polar surface area (TPSA) is 29.1 Å². The van der Waals surface area contributed by atoms with Crippen LogP contribution in [0, 0.1) is 6.92 Å². The van der Waals surface area contributed by atoms with E-state index in [0.717, 1.165) is 29.9 Å². The molecule has 36 heavy (non-hydrogen) atoms. The molecule has 0 aromatic heterocycles. The fourth-order valence-corrected chi connectivity index (χ4v) is 4.12. The maximum atomic E-state index is 11.9. The molecule has 0 saturated heterocycles. The van der Waals surface area contributed by atoms with Crippen LogP contribution in [-0.4, -0.2) is 12.5 Å². The molecule has 0 bridgehead atoms. The van der Waals surface area contributed by atoms with Crippen molar-refractivity contribution in [1.29, 1.82) is 0 Å². The highest BCUT2D eigenvalue weighted by molar-refractivity contribution is 6.30. The van der Waals surface area contributed by atoms with Crippen molar-refractivity contribution in [3.8, 4) is 0 Å². The van der Waals surface area contributed by atoms with Gasteiger partial charge in [-0.15, -0.1) is 0 Å². The minimum Gasteiger partial charge on any atom is -0.352 e. The van der Waals surface area contributed by atoms with E-state index in [0.29, 0.717) is 6.54 Å². The van der Waals surface area contributed by atoms with Crippen molar-refractivity contribution in [3.63, 3.8) is 0 Å². The van der Waals surface area contributed by atoms with Crippen LogP contribution in [0.3, 0.4) is 0 Å². The van der Waals surface area contributed by atoms with Crippen molar-refractivity contribution < 1.29 is 4.79 Å². The van der Waals surface area contributed by atoms with E-state index in [9.17, 15) is 4.79 Å². The van der Waals surface area contributed by atoms with Gasteiger partial charge < -0.3 is 5.32 Å². The molecule has 2 rings (SSSR count). The zero-order valence-corrected chi connectivity index (χ0v) is 25.8. The number of unbranched alkanes of at least 4 members (excludes halogenated alkanes) is 3. The molecule has 208 valence electrons. The molecule has 0 heterocycles. The first-order valence-electron chi connectivity index (χ1n) is 14.8. The van der Waals surface area contributed by atoms with Crippen LogP contribution < -0.4 is 5.32 Å². The average molecular weight is 520 g/mol. The maximum absolute atomic E-state index is 11.9. The zero-order valence-electron chi connectivity index (χ0n) is 25.1. The number of hydrogen-bond acceptors (Lipinski definition) is 1. The van der Waals surface area contributed by atoms with Gasteiger partial charge in [-0.05, 0) is 61.9 Å². The highest BCUT2D eigenvalue weighted by atomic mass is 35.5. The van der Waals surface area contributed by atoms with Crippen molar-refractivity contribution in [2.24, 2.45) is 0 Å². The number of allylic oxidation sites excluding steroid dienone is 2. The number of rotatable bonds is 10. The summed E-state index contributed by atoms with van der Waals surface area (Å²) in [6.45, 7) is 17.2. The molecule has 1 aromatic carbocycles. The van der Waals surface area contributed by atoms with Crippen LogP contribution in [0.1, 0.15) is 143 Å². The van der Waals surface area contributed by atoms with Crippen molar-refractivity contribution >= 4 is 23.1 Å². The number of amides is 1. The Bertz CT molecular complexity index is 701. The van der Waals surface area contributed by atoms with E-state index >= 15 is 0 Å². The third kappa shape index (κ3) is 19.6. The highest BCUT2D eigenvalue weighted by Crippen LogP contribution is 2.25. The van der Waals surface area contributed by atoms with Crippen LogP contribution in [0.2, 0.25) is 5.02 Å². The number of benzene rings is 1. The van der Waals surface area contributed by atoms with Crippen LogP contribution in [0.5, 0.6) is 0 Å². The second-order valence-corrected chi connectivity index (χ2v) is 9.66. The van der Waals surface area contributed by atoms with E-state index in [1.165, 1.54) is 80.9 Å². The average Bonchev–Trinajstić information content (AvgIpc) is 2.91. The van der Waals surface area contributed by atoms with Crippen LogP contribution in [0.4, 0.5) is 0 Å². The number of nitrogens with one attached hydrogen (secondary N) is 1. The fourth-order valence-electron chi connectivity index (χ4n) is 3.94. The second kappa shape index (κ2) is 26.5. The van der Waals surface area contributed by atoms with Gasteiger partial charge in [-0.2, -0.15) is 0 Å². The van der Waals surface area contributed by atoms with Gasteiger partial charge in [-0.1, -0.05) is 136 Å². The van der Waals surface area contributed by atoms with Crippen molar-refractivity contribution in [2.75, 3.05) is 6.54 Å². The molecule has 1 aliphatic rings. The van der Waals surface area contributed by atoms with Crippen molar-refractivity contribution in [3.05, 3.63) is 52.1 Å². The lowest BCUT2D eigenvalue weighted by atomic mass is 9.97. The first-order valence-corrected chi connectivity index (χ1v) is 15.2. The molecule has 1 fully saturated rings. The van der Waals surface area contributed by atoms with Gasteiger partial charge in [-0.3, -0.25) is 4.79 Å². The lowest BCUT2D eigenvalue weighted by Gasteiger charge is -2.13. The summed E-state index contributed by atoms with van der Waals surface area (Å²) in [6, 6.07) is 5.95. The molecule has 0 unspecified atom stereocenters. The molecule has 0 radical (unpaired) electrons. The molecule has 1 amide bonds. The normalized spacial score (nSPS) is 13.2. The number of aryl methyl sites for hydroxylation is 1. The Kier molecular flexibility index (Phi) is 27.0. The van der Waals surface area contributed by atoms with Gasteiger partial charge in [0, 0.05) is 17.1 Å². The van der Waals surface area contributed by atoms with E-state index in [1.807, 2.05) is 52.0 Å². The van der Waals surface area contributed by atoms with E-state index in [-0.39, 0.29) is 5.91 Å². The van der Waals surface area contributed by atoms with Crippen LogP contribution >= 0.6 is 11.6 Å². The predicted molar refractivity (Wildman–Crippen MR) is 165 cm³/mol. The van der Waals surface area contributed by atoms with Gasteiger partial charge >= 0.3 is 0 Å². The summed E-state index contributed by atoms with van der Waals surface area (Å²) in [6.07, 6.45) is 21.3. The monoisotopic (exact) mass is 519 g/mol. The zero-order chi connectivity index (χ0) is 27.6. The Balaban J connectivity index is 0. The summed E-state index contributed by atoms with van der Waals surface area (Å²) >= 11 is 6.12. The Labute approximate surface area is 230 Å². The largest absolute Gasteiger partial charge is 0.352 e. The van der Waals surface area contributed by atoms with Gasteiger partial charge in [0.25, 0.3) is 0 Å². The summed E-state index contributed by atoms with van der Waals surface area (Å²) in [7, 11) is 0. The van der Waals surface area contributed by atoms with Crippen LogP contribution in [0.15, 0.2) is 35.9 Å². The van der Waals surface area contributed by atoms with Crippen LogP contribution in [0.25, 0.3) is 5.57 Å². The summed E-state index contributed by atoms with van der Waals surface area (Å²) in [5.74, 6) is 0.0144. The van der Waals surface area contributed by atoms with Gasteiger partial charge in [0.15, 0.2) is 0 Å². The maximum Gasteiger partial charge on any atom is 0.246 e. The lowest BCUT2D eigenvalue weighted by molar-refractivity contribution is -0.117. The van der Waals surface area contributed by atoms with Crippen molar-refractivity contribution in [1.82, 2.24) is 5.32 Å². The van der Waals surface area contributed by atoms with E-state index in [1.54, 1.807) is 0 Å². The van der Waals surface area contributed by atoms with Gasteiger partial charge in [0.2, 0.25) is 5.91 Å². The number of hydrogen-bond donors (Lipinski definition) is 1. The minimum absolute atomic E-state index is 0.0144. The van der Waals surface area contributed by atoms with Gasteiger partial charge in [0.1, 0.15) is 0 Å². The molecule has 0 atom stereocenters. The molecule has 3 heteroatoms. The van der Waals surface area contributed by atoms with E-state index in [2.05, 4.69) is 39.1 Å².